The van der Waals surface area contributed by atoms with Gasteiger partial charge in [-0.05, 0) is 24.3 Å². The van der Waals surface area contributed by atoms with Gasteiger partial charge in [-0.1, -0.05) is 30.3 Å². The Bertz CT molecular complexity index is 957. The molecule has 3 aromatic rings. The lowest BCUT2D eigenvalue weighted by Crippen LogP contribution is -2.47. The number of amides is 1. The van der Waals surface area contributed by atoms with E-state index in [4.69, 9.17) is 9.72 Å². The van der Waals surface area contributed by atoms with Gasteiger partial charge in [0.25, 0.3) is 0 Å². The van der Waals surface area contributed by atoms with Crippen molar-refractivity contribution in [3.05, 3.63) is 65.2 Å². The second-order valence-corrected chi connectivity index (χ2v) is 7.87. The van der Waals surface area contributed by atoms with Gasteiger partial charge in [-0.15, -0.1) is 11.3 Å². The van der Waals surface area contributed by atoms with Gasteiger partial charge in [0.05, 0.1) is 23.9 Å². The maximum absolute atomic E-state index is 12.5. The number of carbonyl (C=O) groups is 1. The first-order valence-electron chi connectivity index (χ1n) is 9.40. The largest absolute Gasteiger partial charge is 0.496 e. The zero-order valence-electron chi connectivity index (χ0n) is 15.9. The lowest BCUT2D eigenvalue weighted by Gasteiger charge is -2.33. The summed E-state index contributed by atoms with van der Waals surface area (Å²) in [5.74, 6) is 0.817. The highest BCUT2D eigenvalue weighted by molar-refractivity contribution is 7.18. The molecule has 1 aliphatic rings. The zero-order chi connectivity index (χ0) is 19.3. The summed E-state index contributed by atoms with van der Waals surface area (Å²) in [6.45, 7) is 4.05. The monoisotopic (exact) mass is 393 g/mol. The quantitative estimate of drug-likeness (QED) is 0.621. The molecule has 1 aromatic heterocycles. The molecule has 0 atom stereocenters. The Labute approximate surface area is 168 Å². The Morgan fingerprint density at radius 2 is 1.86 bits per heavy atom. The van der Waals surface area contributed by atoms with E-state index in [2.05, 4.69) is 17.0 Å². The Hall–Kier alpha value is -2.70. The van der Waals surface area contributed by atoms with Crippen molar-refractivity contribution < 1.29 is 9.53 Å². The number of ether oxygens (including phenoxy) is 1. The van der Waals surface area contributed by atoms with E-state index in [0.717, 1.165) is 54.6 Å². The Morgan fingerprint density at radius 1 is 1.11 bits per heavy atom. The highest BCUT2D eigenvalue weighted by Gasteiger charge is 2.20. The van der Waals surface area contributed by atoms with Gasteiger partial charge >= 0.3 is 0 Å². The second-order valence-electron chi connectivity index (χ2n) is 6.75. The topological polar surface area (TPSA) is 45.7 Å². The molecule has 4 rings (SSSR count). The number of fused-ring (bicyclic) bond motifs is 1. The predicted molar refractivity (Wildman–Crippen MR) is 114 cm³/mol. The maximum Gasteiger partial charge on any atom is 0.246 e. The Balaban J connectivity index is 1.32. The second kappa shape index (κ2) is 8.54. The molecule has 6 heteroatoms. The summed E-state index contributed by atoms with van der Waals surface area (Å²) < 4.78 is 6.56. The number of carbonyl (C=O) groups excluding carboxylic acids is 1. The van der Waals surface area contributed by atoms with Crippen LogP contribution in [-0.2, 0) is 11.3 Å². The molecular weight excluding hydrogens is 370 g/mol. The summed E-state index contributed by atoms with van der Waals surface area (Å²) in [5.41, 5.74) is 1.98. The van der Waals surface area contributed by atoms with Crippen molar-refractivity contribution in [3.8, 4) is 5.75 Å². The molecule has 0 saturated carbocycles. The smallest absolute Gasteiger partial charge is 0.246 e. The van der Waals surface area contributed by atoms with E-state index in [-0.39, 0.29) is 5.91 Å². The zero-order valence-corrected chi connectivity index (χ0v) is 16.7. The normalized spacial score (nSPS) is 15.4. The summed E-state index contributed by atoms with van der Waals surface area (Å²) >= 11 is 1.75. The SMILES string of the molecule is COc1ccccc1/C=C/C(=O)N1CCN(Cc2nc3ccccc3s2)CC1. The van der Waals surface area contributed by atoms with E-state index in [1.807, 2.05) is 47.4 Å². The molecule has 1 saturated heterocycles. The molecule has 2 aromatic carbocycles. The van der Waals surface area contributed by atoms with Crippen LogP contribution in [0.15, 0.2) is 54.6 Å². The van der Waals surface area contributed by atoms with Crippen molar-refractivity contribution in [2.75, 3.05) is 33.3 Å². The number of hydrogen-bond acceptors (Lipinski definition) is 5. The van der Waals surface area contributed by atoms with Crippen LogP contribution in [0.5, 0.6) is 5.75 Å². The first-order chi connectivity index (χ1) is 13.7. The minimum atomic E-state index is 0.0468. The Morgan fingerprint density at radius 3 is 2.64 bits per heavy atom. The minimum absolute atomic E-state index is 0.0468. The van der Waals surface area contributed by atoms with Gasteiger partial charge in [0, 0.05) is 37.8 Å². The maximum atomic E-state index is 12.5. The third-order valence-corrected chi connectivity index (χ3v) is 5.95. The lowest BCUT2D eigenvalue weighted by atomic mass is 10.2. The van der Waals surface area contributed by atoms with E-state index in [1.54, 1.807) is 24.5 Å². The van der Waals surface area contributed by atoms with Crippen LogP contribution in [0.1, 0.15) is 10.6 Å². The van der Waals surface area contributed by atoms with Gasteiger partial charge in [0.1, 0.15) is 10.8 Å². The van der Waals surface area contributed by atoms with E-state index < -0.39 is 0 Å². The fourth-order valence-electron chi connectivity index (χ4n) is 3.38. The van der Waals surface area contributed by atoms with Crippen molar-refractivity contribution >= 4 is 33.5 Å². The number of rotatable bonds is 5. The van der Waals surface area contributed by atoms with Crippen LogP contribution < -0.4 is 4.74 Å². The lowest BCUT2D eigenvalue weighted by molar-refractivity contribution is -0.127. The van der Waals surface area contributed by atoms with Crippen molar-refractivity contribution in [3.63, 3.8) is 0 Å². The van der Waals surface area contributed by atoms with Crippen LogP contribution in [0.25, 0.3) is 16.3 Å². The number of piperazine rings is 1. The predicted octanol–water partition coefficient (Wildman–Crippen LogP) is 3.66. The molecule has 144 valence electrons. The minimum Gasteiger partial charge on any atom is -0.496 e. The molecule has 0 bridgehead atoms. The van der Waals surface area contributed by atoms with Gasteiger partial charge in [-0.2, -0.15) is 0 Å². The van der Waals surface area contributed by atoms with E-state index in [0.29, 0.717) is 0 Å². The van der Waals surface area contributed by atoms with Crippen LogP contribution >= 0.6 is 11.3 Å². The first-order valence-corrected chi connectivity index (χ1v) is 10.2. The van der Waals surface area contributed by atoms with Gasteiger partial charge in [0.2, 0.25) is 5.91 Å². The average Bonchev–Trinajstić information content (AvgIpc) is 3.15. The number of thiazole rings is 1. The molecule has 5 nitrogen and oxygen atoms in total. The molecule has 0 radical (unpaired) electrons. The van der Waals surface area contributed by atoms with Crippen molar-refractivity contribution in [2.45, 2.75) is 6.54 Å². The molecule has 2 heterocycles. The van der Waals surface area contributed by atoms with E-state index in [9.17, 15) is 4.79 Å². The number of nitrogens with zero attached hydrogens (tertiary/aromatic N) is 3. The van der Waals surface area contributed by atoms with Crippen LogP contribution in [0.4, 0.5) is 0 Å². The molecule has 28 heavy (non-hydrogen) atoms. The van der Waals surface area contributed by atoms with Crippen molar-refractivity contribution in [2.24, 2.45) is 0 Å². The molecule has 0 spiro atoms. The molecule has 1 fully saturated rings. The molecule has 0 N–H and O–H groups in total. The number of hydrogen-bond donors (Lipinski definition) is 0. The summed E-state index contributed by atoms with van der Waals surface area (Å²) in [4.78, 5) is 21.5. The number of benzene rings is 2. The molecule has 1 aliphatic heterocycles. The van der Waals surface area contributed by atoms with Crippen molar-refractivity contribution in [1.82, 2.24) is 14.8 Å². The summed E-state index contributed by atoms with van der Waals surface area (Å²) in [6, 6.07) is 15.9. The third-order valence-electron chi connectivity index (χ3n) is 4.93. The van der Waals surface area contributed by atoms with Crippen LogP contribution in [0, 0.1) is 0 Å². The highest BCUT2D eigenvalue weighted by atomic mass is 32.1. The van der Waals surface area contributed by atoms with Crippen LogP contribution in [0.3, 0.4) is 0 Å². The van der Waals surface area contributed by atoms with Crippen LogP contribution in [-0.4, -0.2) is 54.0 Å². The van der Waals surface area contributed by atoms with Crippen LogP contribution in [0.2, 0.25) is 0 Å². The standard InChI is InChI=1S/C22H23N3O2S/c1-27-19-8-4-2-6-17(19)10-11-22(26)25-14-12-24(13-15-25)16-21-23-18-7-3-5-9-20(18)28-21/h2-11H,12-16H2,1H3/b11-10+. The van der Waals surface area contributed by atoms with E-state index >= 15 is 0 Å². The average molecular weight is 394 g/mol. The first kappa shape index (κ1) is 18.7. The fraction of sp³-hybridized carbons (Fsp3) is 0.273. The molecule has 0 unspecified atom stereocenters. The Kier molecular flexibility index (Phi) is 5.69. The number of para-hydroxylation sites is 2. The number of methoxy groups -OCH3 is 1. The van der Waals surface area contributed by atoms with Gasteiger partial charge in [0.15, 0.2) is 0 Å². The van der Waals surface area contributed by atoms with Gasteiger partial charge < -0.3 is 9.64 Å². The molecule has 1 amide bonds. The molecular formula is C22H23N3O2S. The molecule has 0 aliphatic carbocycles. The summed E-state index contributed by atoms with van der Waals surface area (Å²) in [5, 5.41) is 1.14. The third kappa shape index (κ3) is 4.24. The van der Waals surface area contributed by atoms with Crippen molar-refractivity contribution in [1.29, 1.82) is 0 Å². The fourth-order valence-corrected chi connectivity index (χ4v) is 4.39. The van der Waals surface area contributed by atoms with Gasteiger partial charge in [-0.3, -0.25) is 9.69 Å². The highest BCUT2D eigenvalue weighted by Crippen LogP contribution is 2.23. The number of aromatic nitrogens is 1. The van der Waals surface area contributed by atoms with Gasteiger partial charge in [-0.25, -0.2) is 4.98 Å². The summed E-state index contributed by atoms with van der Waals surface area (Å²) in [6.07, 6.45) is 3.47. The van der Waals surface area contributed by atoms with E-state index in [1.165, 1.54) is 4.70 Å². The summed E-state index contributed by atoms with van der Waals surface area (Å²) in [7, 11) is 1.64.